The molecule has 0 unspecified atom stereocenters. The molecule has 0 radical (unpaired) electrons. The molecule has 1 aromatic carbocycles. The lowest BCUT2D eigenvalue weighted by molar-refractivity contribution is 0.0697. The van der Waals surface area contributed by atoms with Gasteiger partial charge in [0.1, 0.15) is 5.75 Å². The van der Waals surface area contributed by atoms with Crippen molar-refractivity contribution in [1.82, 2.24) is 0 Å². The second-order valence-corrected chi connectivity index (χ2v) is 3.56. The number of carboxylic acids is 1. The Bertz CT molecular complexity index is 398. The molecule has 0 amide bonds. The fourth-order valence-corrected chi connectivity index (χ4v) is 1.72. The Morgan fingerprint density at radius 3 is 3.14 bits per heavy atom. The number of carboxylic acid groups (broad SMARTS) is 1. The number of hydrogen-bond donors (Lipinski definition) is 1. The van der Waals surface area contributed by atoms with E-state index in [4.69, 9.17) is 9.29 Å². The third kappa shape index (κ3) is 1.75. The maximum Gasteiger partial charge on any atom is 0.335 e. The van der Waals surface area contributed by atoms with Crippen LogP contribution in [0, 0.1) is 0 Å². The van der Waals surface area contributed by atoms with E-state index in [9.17, 15) is 4.79 Å². The molecule has 3 nitrogen and oxygen atoms in total. The Labute approximate surface area is 85.6 Å². The van der Waals surface area contributed by atoms with Gasteiger partial charge >= 0.3 is 5.97 Å². The molecule has 0 atom stereocenters. The van der Waals surface area contributed by atoms with Gasteiger partial charge in [0.25, 0.3) is 0 Å². The van der Waals surface area contributed by atoms with E-state index in [1.165, 1.54) is 12.0 Å². The Kier molecular flexibility index (Phi) is 2.45. The average molecular weight is 208 g/mol. The highest BCUT2D eigenvalue weighted by Gasteiger charge is 2.09. The minimum Gasteiger partial charge on any atom is -0.478 e. The van der Waals surface area contributed by atoms with E-state index in [2.05, 4.69) is 0 Å². The zero-order valence-electron chi connectivity index (χ0n) is 7.27. The lowest BCUT2D eigenvalue weighted by atomic mass is 10.1. The molecule has 1 heterocycles. The van der Waals surface area contributed by atoms with Gasteiger partial charge in [-0.05, 0) is 18.2 Å². The maximum atomic E-state index is 10.7. The number of hydrogen-bond acceptors (Lipinski definition) is 3. The van der Waals surface area contributed by atoms with Crippen molar-refractivity contribution < 1.29 is 14.1 Å². The number of rotatable bonds is 1. The average Bonchev–Trinajstić information content (AvgIpc) is 2.41. The number of benzene rings is 1. The first-order chi connectivity index (χ1) is 6.77. The summed E-state index contributed by atoms with van der Waals surface area (Å²) < 4.78 is 5.34. The molecule has 4 heteroatoms. The van der Waals surface area contributed by atoms with Gasteiger partial charge in [-0.2, -0.15) is 0 Å². The normalized spacial score (nSPS) is 14.0. The third-order valence-electron chi connectivity index (χ3n) is 1.87. The van der Waals surface area contributed by atoms with Crippen molar-refractivity contribution in [3.05, 3.63) is 35.4 Å². The van der Waals surface area contributed by atoms with E-state index in [0.29, 0.717) is 5.75 Å². The fourth-order valence-electron chi connectivity index (χ4n) is 1.20. The molecular weight excluding hydrogens is 200 g/mol. The highest BCUT2D eigenvalue weighted by molar-refractivity contribution is 7.95. The molecule has 0 aliphatic carbocycles. The zero-order chi connectivity index (χ0) is 9.97. The van der Waals surface area contributed by atoms with Gasteiger partial charge in [0, 0.05) is 5.56 Å². The minimum atomic E-state index is -0.918. The summed E-state index contributed by atoms with van der Waals surface area (Å²) in [5, 5.41) is 8.79. The lowest BCUT2D eigenvalue weighted by Gasteiger charge is -2.04. The summed E-state index contributed by atoms with van der Waals surface area (Å²) in [4.78, 5) is 10.7. The van der Waals surface area contributed by atoms with Crippen LogP contribution in [-0.2, 0) is 0 Å². The summed E-state index contributed by atoms with van der Waals surface area (Å²) in [6.07, 6.45) is 3.82. The molecule has 0 aromatic heterocycles. The second-order valence-electron chi connectivity index (χ2n) is 2.83. The van der Waals surface area contributed by atoms with Crippen LogP contribution < -0.4 is 4.18 Å². The van der Waals surface area contributed by atoms with E-state index in [0.717, 1.165) is 11.3 Å². The van der Waals surface area contributed by atoms with Gasteiger partial charge in [-0.1, -0.05) is 12.2 Å². The van der Waals surface area contributed by atoms with Crippen molar-refractivity contribution >= 4 is 24.1 Å². The smallest absolute Gasteiger partial charge is 0.335 e. The van der Waals surface area contributed by atoms with Crippen LogP contribution in [-0.4, -0.2) is 16.8 Å². The summed E-state index contributed by atoms with van der Waals surface area (Å²) in [6.45, 7) is 0. The van der Waals surface area contributed by atoms with Gasteiger partial charge in [0.15, 0.2) is 0 Å². The van der Waals surface area contributed by atoms with Crippen LogP contribution >= 0.6 is 12.0 Å². The molecule has 72 valence electrons. The highest BCUT2D eigenvalue weighted by atomic mass is 32.2. The standard InChI is InChI=1S/C10H8O3S/c11-10(12)8-3-4-9-7(6-8)2-1-5-14-13-9/h1-4,6H,5H2,(H,11,12). The predicted molar refractivity (Wildman–Crippen MR) is 55.5 cm³/mol. The van der Waals surface area contributed by atoms with Crippen LogP contribution in [0.3, 0.4) is 0 Å². The Hall–Kier alpha value is -1.42. The predicted octanol–water partition coefficient (Wildman–Crippen LogP) is 2.44. The maximum absolute atomic E-state index is 10.7. The monoisotopic (exact) mass is 208 g/mol. The first kappa shape index (κ1) is 9.15. The van der Waals surface area contributed by atoms with Gasteiger partial charge in [0.05, 0.1) is 23.4 Å². The highest BCUT2D eigenvalue weighted by Crippen LogP contribution is 2.27. The number of fused-ring (bicyclic) bond motifs is 1. The van der Waals surface area contributed by atoms with Crippen LogP contribution in [0.5, 0.6) is 5.75 Å². The Morgan fingerprint density at radius 2 is 2.36 bits per heavy atom. The molecule has 0 fully saturated rings. The molecule has 0 saturated heterocycles. The van der Waals surface area contributed by atoms with Gasteiger partial charge in [-0.3, -0.25) is 0 Å². The number of aromatic carboxylic acids is 1. The molecule has 0 saturated carbocycles. The van der Waals surface area contributed by atoms with Crippen LogP contribution in [0.15, 0.2) is 24.3 Å². The largest absolute Gasteiger partial charge is 0.478 e. The van der Waals surface area contributed by atoms with Gasteiger partial charge < -0.3 is 9.29 Å². The van der Waals surface area contributed by atoms with Crippen LogP contribution in [0.25, 0.3) is 6.08 Å². The van der Waals surface area contributed by atoms with Crippen molar-refractivity contribution in [2.45, 2.75) is 0 Å². The van der Waals surface area contributed by atoms with E-state index in [-0.39, 0.29) is 5.56 Å². The zero-order valence-corrected chi connectivity index (χ0v) is 8.08. The van der Waals surface area contributed by atoms with Crippen LogP contribution in [0.4, 0.5) is 0 Å². The SMILES string of the molecule is O=C(O)c1ccc2c(c1)C=CCSO2. The third-order valence-corrected chi connectivity index (χ3v) is 2.49. The topological polar surface area (TPSA) is 46.5 Å². The Balaban J connectivity index is 2.45. The van der Waals surface area contributed by atoms with Crippen molar-refractivity contribution in [2.75, 3.05) is 5.75 Å². The van der Waals surface area contributed by atoms with E-state index in [1.54, 1.807) is 18.2 Å². The summed E-state index contributed by atoms with van der Waals surface area (Å²) in [6, 6.07) is 4.84. The summed E-state index contributed by atoms with van der Waals surface area (Å²) in [5.41, 5.74) is 1.10. The molecule has 2 rings (SSSR count). The molecule has 1 aromatic rings. The first-order valence-electron chi connectivity index (χ1n) is 4.11. The van der Waals surface area contributed by atoms with Crippen molar-refractivity contribution in [1.29, 1.82) is 0 Å². The number of carbonyl (C=O) groups is 1. The van der Waals surface area contributed by atoms with Crippen molar-refractivity contribution in [2.24, 2.45) is 0 Å². The molecule has 14 heavy (non-hydrogen) atoms. The van der Waals surface area contributed by atoms with Crippen molar-refractivity contribution in [3.63, 3.8) is 0 Å². The molecule has 0 spiro atoms. The van der Waals surface area contributed by atoms with Gasteiger partial charge in [-0.25, -0.2) is 4.79 Å². The summed E-state index contributed by atoms with van der Waals surface area (Å²) in [7, 11) is 0. The fraction of sp³-hybridized carbons (Fsp3) is 0.100. The van der Waals surface area contributed by atoms with E-state index in [1.807, 2.05) is 12.2 Å². The van der Waals surface area contributed by atoms with Gasteiger partial charge in [0.2, 0.25) is 0 Å². The molecular formula is C10H8O3S. The molecule has 1 aliphatic heterocycles. The van der Waals surface area contributed by atoms with Crippen molar-refractivity contribution in [3.8, 4) is 5.75 Å². The van der Waals surface area contributed by atoms with E-state index < -0.39 is 5.97 Å². The quantitative estimate of drug-likeness (QED) is 0.720. The molecule has 0 bridgehead atoms. The van der Waals surface area contributed by atoms with Crippen LogP contribution in [0.1, 0.15) is 15.9 Å². The van der Waals surface area contributed by atoms with Crippen LogP contribution in [0.2, 0.25) is 0 Å². The first-order valence-corrected chi connectivity index (χ1v) is 5.02. The second kappa shape index (κ2) is 3.75. The summed E-state index contributed by atoms with van der Waals surface area (Å²) >= 11 is 1.34. The van der Waals surface area contributed by atoms with E-state index >= 15 is 0 Å². The lowest BCUT2D eigenvalue weighted by Crippen LogP contribution is -1.96. The molecule has 1 aliphatic rings. The molecule has 1 N–H and O–H groups in total. The Morgan fingerprint density at radius 1 is 1.50 bits per heavy atom. The van der Waals surface area contributed by atoms with Gasteiger partial charge in [-0.15, -0.1) is 0 Å². The minimum absolute atomic E-state index is 0.281. The summed E-state index contributed by atoms with van der Waals surface area (Å²) in [5.74, 6) is 0.573.